The summed E-state index contributed by atoms with van der Waals surface area (Å²) in [5, 5.41) is 8.91. The molecule has 0 spiro atoms. The smallest absolute Gasteiger partial charge is 0.306 e. The van der Waals surface area contributed by atoms with Crippen molar-refractivity contribution in [2.75, 3.05) is 13.1 Å². The zero-order valence-electron chi connectivity index (χ0n) is 10.1. The van der Waals surface area contributed by atoms with Gasteiger partial charge in [-0.1, -0.05) is 0 Å². The second kappa shape index (κ2) is 5.14. The van der Waals surface area contributed by atoms with Crippen molar-refractivity contribution in [2.24, 2.45) is 13.0 Å². The van der Waals surface area contributed by atoms with E-state index in [2.05, 4.69) is 15.9 Å². The number of halogens is 1. The average Bonchev–Trinajstić information content (AvgIpc) is 2.67. The summed E-state index contributed by atoms with van der Waals surface area (Å²) in [7, 11) is 1.82. The van der Waals surface area contributed by atoms with Gasteiger partial charge in [0.2, 0.25) is 0 Å². The van der Waals surface area contributed by atoms with Gasteiger partial charge in [-0.2, -0.15) is 0 Å². The first-order chi connectivity index (χ1) is 8.49. The molecule has 18 heavy (non-hydrogen) atoms. The van der Waals surface area contributed by atoms with E-state index >= 15 is 0 Å². The van der Waals surface area contributed by atoms with Crippen LogP contribution in [0.2, 0.25) is 0 Å². The van der Waals surface area contributed by atoms with E-state index in [-0.39, 0.29) is 11.8 Å². The second-order valence-electron chi connectivity index (χ2n) is 4.56. The highest BCUT2D eigenvalue weighted by molar-refractivity contribution is 9.10. The molecule has 0 radical (unpaired) electrons. The molecule has 98 valence electrons. The predicted molar refractivity (Wildman–Crippen MR) is 69.4 cm³/mol. The van der Waals surface area contributed by atoms with Gasteiger partial charge in [0, 0.05) is 30.8 Å². The van der Waals surface area contributed by atoms with Crippen LogP contribution >= 0.6 is 15.9 Å². The maximum atomic E-state index is 12.2. The molecule has 2 heterocycles. The third-order valence-corrected chi connectivity index (χ3v) is 3.76. The van der Waals surface area contributed by atoms with Crippen molar-refractivity contribution in [3.8, 4) is 0 Å². The molecule has 1 amide bonds. The van der Waals surface area contributed by atoms with Gasteiger partial charge in [0.05, 0.1) is 5.92 Å². The summed E-state index contributed by atoms with van der Waals surface area (Å²) < 4.78 is 2.64. The molecule has 0 unspecified atom stereocenters. The second-order valence-corrected chi connectivity index (χ2v) is 5.47. The monoisotopic (exact) mass is 314 g/mol. The van der Waals surface area contributed by atoms with Crippen LogP contribution in [0.25, 0.3) is 0 Å². The molecule has 6 heteroatoms. The number of amides is 1. The predicted octanol–water partition coefficient (Wildman–Crippen LogP) is 1.72. The highest BCUT2D eigenvalue weighted by Gasteiger charge is 2.28. The Labute approximate surface area is 114 Å². The number of aryl methyl sites for hydroxylation is 1. The minimum absolute atomic E-state index is 0.0351. The number of aromatic nitrogens is 1. The number of hydrogen-bond donors (Lipinski definition) is 1. The molecular weight excluding hydrogens is 300 g/mol. The van der Waals surface area contributed by atoms with Crippen LogP contribution in [0.5, 0.6) is 0 Å². The molecule has 2 rings (SSSR count). The van der Waals surface area contributed by atoms with E-state index in [1.54, 1.807) is 15.5 Å². The van der Waals surface area contributed by atoms with Gasteiger partial charge in [-0.05, 0) is 34.8 Å². The number of carboxylic acid groups (broad SMARTS) is 1. The molecule has 0 aliphatic carbocycles. The number of carbonyl (C=O) groups excluding carboxylic acids is 1. The summed E-state index contributed by atoms with van der Waals surface area (Å²) in [5.41, 5.74) is 0.621. The van der Waals surface area contributed by atoms with Crippen LogP contribution in [0.4, 0.5) is 0 Å². The number of hydrogen-bond acceptors (Lipinski definition) is 2. The van der Waals surface area contributed by atoms with E-state index in [4.69, 9.17) is 5.11 Å². The minimum Gasteiger partial charge on any atom is -0.481 e. The highest BCUT2D eigenvalue weighted by atomic mass is 79.9. The molecule has 0 aromatic carbocycles. The van der Waals surface area contributed by atoms with E-state index in [1.165, 1.54) is 0 Å². The van der Waals surface area contributed by atoms with Crippen LogP contribution in [-0.2, 0) is 11.8 Å². The van der Waals surface area contributed by atoms with Crippen LogP contribution in [0, 0.1) is 5.92 Å². The zero-order valence-corrected chi connectivity index (χ0v) is 11.7. The minimum atomic E-state index is -0.760. The average molecular weight is 315 g/mol. The maximum Gasteiger partial charge on any atom is 0.306 e. The first kappa shape index (κ1) is 13.1. The highest BCUT2D eigenvalue weighted by Crippen LogP contribution is 2.21. The molecule has 1 aromatic rings. The van der Waals surface area contributed by atoms with Gasteiger partial charge in [0.15, 0.2) is 0 Å². The molecule has 1 saturated heterocycles. The number of carboxylic acids is 1. The lowest BCUT2D eigenvalue weighted by Crippen LogP contribution is -2.40. The van der Waals surface area contributed by atoms with Crippen molar-refractivity contribution in [2.45, 2.75) is 12.8 Å². The third kappa shape index (κ3) is 2.58. The summed E-state index contributed by atoms with van der Waals surface area (Å²) in [6, 6.07) is 1.78. The fourth-order valence-electron chi connectivity index (χ4n) is 2.23. The molecule has 0 bridgehead atoms. The van der Waals surface area contributed by atoms with Crippen molar-refractivity contribution in [3.05, 3.63) is 22.4 Å². The normalized spacial score (nSPS) is 16.9. The topological polar surface area (TPSA) is 62.5 Å². The van der Waals surface area contributed by atoms with E-state index < -0.39 is 5.97 Å². The van der Waals surface area contributed by atoms with Crippen LogP contribution in [-0.4, -0.2) is 39.5 Å². The standard InChI is InChI=1S/C12H15BrN2O3/c1-14-7-9(13)6-10(14)11(16)15-4-2-8(3-5-15)12(17)18/h6-8H,2-5H2,1H3,(H,17,18). The Bertz CT molecular complexity index is 476. The fraction of sp³-hybridized carbons (Fsp3) is 0.500. The Balaban J connectivity index is 2.04. The summed E-state index contributed by atoms with van der Waals surface area (Å²) >= 11 is 3.33. The molecule has 1 fully saturated rings. The lowest BCUT2D eigenvalue weighted by atomic mass is 9.97. The summed E-state index contributed by atoms with van der Waals surface area (Å²) in [6.45, 7) is 1.02. The van der Waals surface area contributed by atoms with Crippen molar-refractivity contribution in [1.82, 2.24) is 9.47 Å². The lowest BCUT2D eigenvalue weighted by molar-refractivity contribution is -0.143. The zero-order chi connectivity index (χ0) is 13.3. The number of likely N-dealkylation sites (tertiary alicyclic amines) is 1. The van der Waals surface area contributed by atoms with E-state index in [1.807, 2.05) is 13.2 Å². The van der Waals surface area contributed by atoms with E-state index in [9.17, 15) is 9.59 Å². The van der Waals surface area contributed by atoms with Crippen molar-refractivity contribution < 1.29 is 14.7 Å². The first-order valence-electron chi connectivity index (χ1n) is 5.83. The summed E-state index contributed by atoms with van der Waals surface area (Å²) in [4.78, 5) is 24.8. The van der Waals surface area contributed by atoms with Crippen molar-refractivity contribution in [3.63, 3.8) is 0 Å². The van der Waals surface area contributed by atoms with E-state index in [0.717, 1.165) is 4.47 Å². The first-order valence-corrected chi connectivity index (χ1v) is 6.62. The molecule has 5 nitrogen and oxygen atoms in total. The Kier molecular flexibility index (Phi) is 3.75. The number of nitrogens with zero attached hydrogens (tertiary/aromatic N) is 2. The Hall–Kier alpha value is -1.30. The summed E-state index contributed by atoms with van der Waals surface area (Å²) in [5.74, 6) is -1.11. The largest absolute Gasteiger partial charge is 0.481 e. The molecule has 0 saturated carbocycles. The number of piperidine rings is 1. The number of aliphatic carboxylic acids is 1. The van der Waals surface area contributed by atoms with Gasteiger partial charge >= 0.3 is 5.97 Å². The van der Waals surface area contributed by atoms with Crippen LogP contribution in [0.15, 0.2) is 16.7 Å². The van der Waals surface area contributed by atoms with Gasteiger partial charge in [0.25, 0.3) is 5.91 Å². The van der Waals surface area contributed by atoms with Gasteiger partial charge < -0.3 is 14.6 Å². The number of carbonyl (C=O) groups is 2. The molecule has 1 N–H and O–H groups in total. The lowest BCUT2D eigenvalue weighted by Gasteiger charge is -2.30. The quantitative estimate of drug-likeness (QED) is 0.904. The van der Waals surface area contributed by atoms with Crippen LogP contribution in [0.3, 0.4) is 0 Å². The number of rotatable bonds is 2. The molecular formula is C12H15BrN2O3. The van der Waals surface area contributed by atoms with Crippen molar-refractivity contribution in [1.29, 1.82) is 0 Å². The molecule has 1 aliphatic rings. The van der Waals surface area contributed by atoms with Gasteiger partial charge in [0.1, 0.15) is 5.69 Å². The SMILES string of the molecule is Cn1cc(Br)cc1C(=O)N1CCC(C(=O)O)CC1. The van der Waals surface area contributed by atoms with Crippen LogP contribution < -0.4 is 0 Å². The maximum absolute atomic E-state index is 12.2. The van der Waals surface area contributed by atoms with Gasteiger partial charge in [-0.3, -0.25) is 9.59 Å². The Morgan fingerprint density at radius 1 is 1.39 bits per heavy atom. The Morgan fingerprint density at radius 2 is 2.00 bits per heavy atom. The molecule has 1 aliphatic heterocycles. The Morgan fingerprint density at radius 3 is 2.44 bits per heavy atom. The summed E-state index contributed by atoms with van der Waals surface area (Å²) in [6.07, 6.45) is 2.90. The third-order valence-electron chi connectivity index (χ3n) is 3.32. The van der Waals surface area contributed by atoms with Crippen LogP contribution in [0.1, 0.15) is 23.3 Å². The molecule has 0 atom stereocenters. The van der Waals surface area contributed by atoms with E-state index in [0.29, 0.717) is 31.6 Å². The fourth-order valence-corrected chi connectivity index (χ4v) is 2.75. The van der Waals surface area contributed by atoms with Crippen molar-refractivity contribution >= 4 is 27.8 Å². The van der Waals surface area contributed by atoms with Gasteiger partial charge in [-0.25, -0.2) is 0 Å². The van der Waals surface area contributed by atoms with Gasteiger partial charge in [-0.15, -0.1) is 0 Å². The molecule has 1 aromatic heterocycles.